The first-order valence-electron chi connectivity index (χ1n) is 11.9. The van der Waals surface area contributed by atoms with Gasteiger partial charge in [-0.05, 0) is 24.8 Å². The zero-order valence-corrected chi connectivity index (χ0v) is 21.2. The van der Waals surface area contributed by atoms with Gasteiger partial charge in [0, 0.05) is 25.1 Å². The van der Waals surface area contributed by atoms with Crippen LogP contribution in [-0.2, 0) is 30.2 Å². The standard InChI is InChI=1S/C27H32N2O8/c1-5-21-17(2)37-27(32)22(15-34-14-20(21)13-19-9-7-6-8-10-19)29-26(31)24-25(36-16-35-18(3)30)23(33-4)11-12-28-24/h5-12,17,20-22H,1,13-16H2,2-4H3,(H,29,31)/t17-,20-,21-,22-/m0/s1. The Labute approximate surface area is 215 Å². The van der Waals surface area contributed by atoms with E-state index in [1.807, 2.05) is 30.3 Å². The SMILES string of the molecule is C=C[C@@H]1[C@@H](Cc2ccccc2)COC[C@H](NC(=O)c2nccc(OC)c2OCOC(C)=O)C(=O)O[C@H]1C. The lowest BCUT2D eigenvalue weighted by molar-refractivity contribution is -0.153. The summed E-state index contributed by atoms with van der Waals surface area (Å²) in [5.74, 6) is -1.89. The summed E-state index contributed by atoms with van der Waals surface area (Å²) in [5.41, 5.74) is 0.981. The van der Waals surface area contributed by atoms with Crippen LogP contribution in [0.15, 0.2) is 55.3 Å². The van der Waals surface area contributed by atoms with Crippen molar-refractivity contribution in [3.8, 4) is 11.5 Å². The molecule has 4 atom stereocenters. The fraction of sp³-hybridized carbons (Fsp3) is 0.407. The maximum Gasteiger partial charge on any atom is 0.331 e. The number of pyridine rings is 1. The van der Waals surface area contributed by atoms with Crippen molar-refractivity contribution in [2.45, 2.75) is 32.4 Å². The van der Waals surface area contributed by atoms with Crippen LogP contribution in [0.3, 0.4) is 0 Å². The van der Waals surface area contributed by atoms with Crippen LogP contribution >= 0.6 is 0 Å². The van der Waals surface area contributed by atoms with Crippen LogP contribution in [0.25, 0.3) is 0 Å². The maximum atomic E-state index is 13.1. The topological polar surface area (TPSA) is 122 Å². The molecule has 10 nitrogen and oxygen atoms in total. The Balaban J connectivity index is 1.76. The first kappa shape index (κ1) is 27.7. The summed E-state index contributed by atoms with van der Waals surface area (Å²) in [6, 6.07) is 10.4. The third-order valence-corrected chi connectivity index (χ3v) is 5.98. The van der Waals surface area contributed by atoms with Gasteiger partial charge >= 0.3 is 11.9 Å². The Morgan fingerprint density at radius 1 is 1.22 bits per heavy atom. The Morgan fingerprint density at radius 3 is 2.65 bits per heavy atom. The molecule has 1 amide bonds. The molecule has 2 aromatic rings. The van der Waals surface area contributed by atoms with Crippen molar-refractivity contribution >= 4 is 17.8 Å². The van der Waals surface area contributed by atoms with E-state index in [9.17, 15) is 14.4 Å². The van der Waals surface area contributed by atoms with Gasteiger partial charge in [0.25, 0.3) is 5.91 Å². The largest absolute Gasteiger partial charge is 0.493 e. The number of cyclic esters (lactones) is 1. The lowest BCUT2D eigenvalue weighted by Crippen LogP contribution is -2.46. The molecule has 2 heterocycles. The van der Waals surface area contributed by atoms with Gasteiger partial charge in [-0.15, -0.1) is 6.58 Å². The van der Waals surface area contributed by atoms with Gasteiger partial charge in [0.2, 0.25) is 6.79 Å². The first-order valence-corrected chi connectivity index (χ1v) is 11.9. The van der Waals surface area contributed by atoms with Crippen LogP contribution in [0.5, 0.6) is 11.5 Å². The number of amides is 1. The van der Waals surface area contributed by atoms with Crippen molar-refractivity contribution in [1.82, 2.24) is 10.3 Å². The van der Waals surface area contributed by atoms with E-state index in [1.165, 1.54) is 26.3 Å². The van der Waals surface area contributed by atoms with Crippen molar-refractivity contribution in [3.63, 3.8) is 0 Å². The monoisotopic (exact) mass is 512 g/mol. The number of ether oxygens (including phenoxy) is 5. The highest BCUT2D eigenvalue weighted by atomic mass is 16.7. The number of benzene rings is 1. The van der Waals surface area contributed by atoms with Crippen molar-refractivity contribution in [2.24, 2.45) is 11.8 Å². The quantitative estimate of drug-likeness (QED) is 0.307. The minimum Gasteiger partial charge on any atom is -0.493 e. The average molecular weight is 513 g/mol. The van der Waals surface area contributed by atoms with Gasteiger partial charge in [0.05, 0.1) is 20.3 Å². The van der Waals surface area contributed by atoms with E-state index in [0.29, 0.717) is 13.0 Å². The van der Waals surface area contributed by atoms with E-state index >= 15 is 0 Å². The molecule has 0 bridgehead atoms. The highest BCUT2D eigenvalue weighted by molar-refractivity contribution is 5.98. The molecular weight excluding hydrogens is 480 g/mol. The number of methoxy groups -OCH3 is 1. The van der Waals surface area contributed by atoms with E-state index in [4.69, 9.17) is 23.7 Å². The lowest BCUT2D eigenvalue weighted by Gasteiger charge is -2.28. The summed E-state index contributed by atoms with van der Waals surface area (Å²) >= 11 is 0. The number of hydrogen-bond acceptors (Lipinski definition) is 9. The van der Waals surface area contributed by atoms with E-state index in [1.54, 1.807) is 13.0 Å². The molecule has 1 saturated heterocycles. The lowest BCUT2D eigenvalue weighted by atomic mass is 9.84. The molecule has 37 heavy (non-hydrogen) atoms. The number of rotatable bonds is 9. The number of aromatic nitrogens is 1. The Morgan fingerprint density at radius 2 is 1.97 bits per heavy atom. The second-order valence-electron chi connectivity index (χ2n) is 8.56. The average Bonchev–Trinajstić information content (AvgIpc) is 2.93. The first-order chi connectivity index (χ1) is 17.8. The molecule has 198 valence electrons. The van der Waals surface area contributed by atoms with Crippen molar-refractivity contribution in [1.29, 1.82) is 0 Å². The zero-order chi connectivity index (χ0) is 26.8. The third kappa shape index (κ3) is 7.53. The minimum atomic E-state index is -1.09. The van der Waals surface area contributed by atoms with Crippen LogP contribution in [0, 0.1) is 11.8 Å². The maximum absolute atomic E-state index is 13.1. The minimum absolute atomic E-state index is 0.0125. The van der Waals surface area contributed by atoms with E-state index in [-0.39, 0.29) is 35.6 Å². The molecule has 1 aromatic heterocycles. The van der Waals surface area contributed by atoms with Gasteiger partial charge in [-0.25, -0.2) is 9.78 Å². The predicted octanol–water partition coefficient (Wildman–Crippen LogP) is 2.71. The molecule has 10 heteroatoms. The zero-order valence-electron chi connectivity index (χ0n) is 21.2. The fourth-order valence-corrected chi connectivity index (χ4v) is 4.13. The Kier molecular flexibility index (Phi) is 10.0. The van der Waals surface area contributed by atoms with Gasteiger partial charge in [0.15, 0.2) is 23.2 Å². The number of carbonyl (C=O) groups excluding carboxylic acids is 3. The number of carbonyl (C=O) groups is 3. The van der Waals surface area contributed by atoms with Gasteiger partial charge in [-0.3, -0.25) is 9.59 Å². The summed E-state index contributed by atoms with van der Waals surface area (Å²) in [6.07, 6.45) is 3.36. The highest BCUT2D eigenvalue weighted by Gasteiger charge is 2.34. The smallest absolute Gasteiger partial charge is 0.331 e. The summed E-state index contributed by atoms with van der Waals surface area (Å²) in [6.45, 7) is 6.76. The molecule has 0 unspecified atom stereocenters. The molecule has 0 spiro atoms. The van der Waals surface area contributed by atoms with Crippen molar-refractivity contribution in [3.05, 3.63) is 66.5 Å². The summed E-state index contributed by atoms with van der Waals surface area (Å²) in [4.78, 5) is 41.3. The van der Waals surface area contributed by atoms with Crippen molar-refractivity contribution < 1.29 is 38.1 Å². The van der Waals surface area contributed by atoms with Crippen LogP contribution in [0.1, 0.15) is 29.9 Å². The van der Waals surface area contributed by atoms with Gasteiger partial charge < -0.3 is 29.0 Å². The molecule has 1 aliphatic heterocycles. The highest BCUT2D eigenvalue weighted by Crippen LogP contribution is 2.30. The normalized spacial score (nSPS) is 21.9. The van der Waals surface area contributed by atoms with Gasteiger partial charge in [0.1, 0.15) is 6.10 Å². The summed E-state index contributed by atoms with van der Waals surface area (Å²) in [5, 5.41) is 2.62. The number of nitrogens with zero attached hydrogens (tertiary/aromatic N) is 1. The van der Waals surface area contributed by atoms with E-state index in [2.05, 4.69) is 16.9 Å². The van der Waals surface area contributed by atoms with Crippen molar-refractivity contribution in [2.75, 3.05) is 27.1 Å². The Hall–Kier alpha value is -3.92. The fourth-order valence-electron chi connectivity index (χ4n) is 4.13. The second kappa shape index (κ2) is 13.4. The molecule has 3 rings (SSSR count). The van der Waals surface area contributed by atoms with E-state index in [0.717, 1.165) is 5.56 Å². The molecular formula is C27H32N2O8. The molecule has 1 fully saturated rings. The number of nitrogens with one attached hydrogen (secondary N) is 1. The Bertz CT molecular complexity index is 1090. The number of hydrogen-bond donors (Lipinski definition) is 1. The predicted molar refractivity (Wildman–Crippen MR) is 133 cm³/mol. The molecule has 0 radical (unpaired) electrons. The van der Waals surface area contributed by atoms with Gasteiger partial charge in [-0.2, -0.15) is 0 Å². The molecule has 0 aliphatic carbocycles. The van der Waals surface area contributed by atoms with Crippen LogP contribution in [0.4, 0.5) is 0 Å². The van der Waals surface area contributed by atoms with Gasteiger partial charge in [-0.1, -0.05) is 36.4 Å². The molecule has 1 aromatic carbocycles. The summed E-state index contributed by atoms with van der Waals surface area (Å²) in [7, 11) is 1.39. The van der Waals surface area contributed by atoms with E-state index < -0.39 is 36.8 Å². The van der Waals surface area contributed by atoms with Crippen LogP contribution in [0.2, 0.25) is 0 Å². The molecule has 1 N–H and O–H groups in total. The molecule has 1 aliphatic rings. The molecule has 0 saturated carbocycles. The van der Waals surface area contributed by atoms with Crippen LogP contribution in [-0.4, -0.2) is 62.1 Å². The number of esters is 2. The third-order valence-electron chi connectivity index (χ3n) is 5.98. The summed E-state index contributed by atoms with van der Waals surface area (Å²) < 4.78 is 27.1. The second-order valence-corrected chi connectivity index (χ2v) is 8.56. The van der Waals surface area contributed by atoms with Crippen LogP contribution < -0.4 is 14.8 Å².